The largest absolute Gasteiger partial charge is 0.326 e. The first-order valence-corrected chi connectivity index (χ1v) is 9.03. The van der Waals surface area contributed by atoms with Gasteiger partial charge in [0.2, 0.25) is 10.0 Å². The molecule has 3 N–H and O–H groups in total. The van der Waals surface area contributed by atoms with E-state index in [1.54, 1.807) is 12.1 Å². The molecule has 21 heavy (non-hydrogen) atoms. The van der Waals surface area contributed by atoms with Gasteiger partial charge in [0.15, 0.2) is 0 Å². The molecule has 0 spiro atoms. The monoisotopic (exact) mass is 310 g/mol. The Morgan fingerprint density at radius 1 is 1.24 bits per heavy atom. The number of nitrogens with two attached hydrogens (primary N) is 1. The lowest BCUT2D eigenvalue weighted by Gasteiger charge is -2.23. The Morgan fingerprint density at radius 2 is 1.90 bits per heavy atom. The van der Waals surface area contributed by atoms with Crippen molar-refractivity contribution in [2.45, 2.75) is 57.4 Å². The van der Waals surface area contributed by atoms with E-state index in [0.29, 0.717) is 4.90 Å². The van der Waals surface area contributed by atoms with Crippen molar-refractivity contribution in [3.8, 4) is 0 Å². The van der Waals surface area contributed by atoms with Crippen LogP contribution in [0, 0.1) is 5.41 Å². The van der Waals surface area contributed by atoms with Gasteiger partial charge in [-0.05, 0) is 54.4 Å². The lowest BCUT2D eigenvalue weighted by Crippen LogP contribution is -2.39. The highest BCUT2D eigenvalue weighted by Gasteiger charge is 2.21. The maximum absolute atomic E-state index is 12.3. The van der Waals surface area contributed by atoms with E-state index in [1.165, 1.54) is 5.56 Å². The summed E-state index contributed by atoms with van der Waals surface area (Å²) in [5.41, 5.74) is 8.54. The number of hydrogen-bond donors (Lipinski definition) is 2. The van der Waals surface area contributed by atoms with Crippen LogP contribution in [0.1, 0.15) is 44.7 Å². The van der Waals surface area contributed by atoms with Gasteiger partial charge >= 0.3 is 0 Å². The van der Waals surface area contributed by atoms with Gasteiger partial charge in [-0.25, -0.2) is 13.1 Å². The van der Waals surface area contributed by atoms with Crippen molar-refractivity contribution in [3.05, 3.63) is 29.3 Å². The van der Waals surface area contributed by atoms with E-state index in [2.05, 4.69) is 25.5 Å². The van der Waals surface area contributed by atoms with Crippen LogP contribution in [0.4, 0.5) is 0 Å². The summed E-state index contributed by atoms with van der Waals surface area (Å²) in [5, 5.41) is 0. The SMILES string of the molecule is CC(C)(C)CC(N)CNS(=O)(=O)c1ccc2c(c1)CCC2. The number of sulfonamides is 1. The van der Waals surface area contributed by atoms with Crippen LogP contribution in [0.15, 0.2) is 23.1 Å². The Bertz CT molecular complexity index is 603. The molecular formula is C16H26N2O2S. The third-order valence-electron chi connectivity index (χ3n) is 3.79. The minimum absolute atomic E-state index is 0.0957. The van der Waals surface area contributed by atoms with E-state index in [0.717, 1.165) is 31.2 Å². The summed E-state index contributed by atoms with van der Waals surface area (Å²) < 4.78 is 27.3. The molecule has 0 amide bonds. The molecule has 118 valence electrons. The van der Waals surface area contributed by atoms with E-state index >= 15 is 0 Å². The standard InChI is InChI=1S/C16H26N2O2S/c1-16(2,3)10-14(17)11-18-21(19,20)15-8-7-12-5-4-6-13(12)9-15/h7-9,14,18H,4-6,10-11,17H2,1-3H3. The molecule has 0 bridgehead atoms. The summed E-state index contributed by atoms with van der Waals surface area (Å²) in [4.78, 5) is 0.353. The van der Waals surface area contributed by atoms with E-state index < -0.39 is 10.0 Å². The first-order valence-electron chi connectivity index (χ1n) is 7.54. The maximum Gasteiger partial charge on any atom is 0.240 e. The predicted octanol–water partition coefficient (Wildman–Crippen LogP) is 2.22. The zero-order valence-electron chi connectivity index (χ0n) is 13.1. The van der Waals surface area contributed by atoms with Crippen molar-refractivity contribution in [1.82, 2.24) is 4.72 Å². The van der Waals surface area contributed by atoms with Gasteiger partial charge < -0.3 is 5.73 Å². The van der Waals surface area contributed by atoms with Crippen LogP contribution >= 0.6 is 0 Å². The van der Waals surface area contributed by atoms with Gasteiger partial charge in [-0.15, -0.1) is 0 Å². The molecule has 1 aromatic carbocycles. The zero-order valence-corrected chi connectivity index (χ0v) is 14.0. The Balaban J connectivity index is 2.02. The highest BCUT2D eigenvalue weighted by Crippen LogP contribution is 2.25. The second kappa shape index (κ2) is 6.07. The van der Waals surface area contributed by atoms with Gasteiger partial charge in [-0.1, -0.05) is 26.8 Å². The van der Waals surface area contributed by atoms with Crippen LogP contribution in [0.25, 0.3) is 0 Å². The molecule has 0 saturated heterocycles. The molecule has 0 saturated carbocycles. The number of aryl methyl sites for hydroxylation is 2. The number of hydrogen-bond acceptors (Lipinski definition) is 3. The summed E-state index contributed by atoms with van der Waals surface area (Å²) in [5.74, 6) is 0. The summed E-state index contributed by atoms with van der Waals surface area (Å²) in [6, 6.07) is 5.27. The normalized spacial score (nSPS) is 16.8. The molecule has 0 aliphatic heterocycles. The zero-order chi connectivity index (χ0) is 15.7. The first kappa shape index (κ1) is 16.5. The van der Waals surface area contributed by atoms with E-state index in [-0.39, 0.29) is 18.0 Å². The first-order chi connectivity index (χ1) is 9.67. The maximum atomic E-state index is 12.3. The van der Waals surface area contributed by atoms with E-state index in [4.69, 9.17) is 5.73 Å². The fraction of sp³-hybridized carbons (Fsp3) is 0.625. The molecule has 1 aromatic rings. The second-order valence-corrected chi connectivity index (χ2v) is 8.93. The van der Waals surface area contributed by atoms with Crippen LogP contribution < -0.4 is 10.5 Å². The van der Waals surface area contributed by atoms with Crippen molar-refractivity contribution in [1.29, 1.82) is 0 Å². The van der Waals surface area contributed by atoms with E-state index in [9.17, 15) is 8.42 Å². The number of fused-ring (bicyclic) bond motifs is 1. The molecule has 0 radical (unpaired) electrons. The van der Waals surface area contributed by atoms with Gasteiger partial charge in [-0.2, -0.15) is 0 Å². The average molecular weight is 310 g/mol. The third kappa shape index (κ3) is 4.53. The number of benzene rings is 1. The molecule has 1 aliphatic carbocycles. The predicted molar refractivity (Wildman–Crippen MR) is 85.7 cm³/mol. The van der Waals surface area contributed by atoms with Crippen LogP contribution in [-0.4, -0.2) is 21.0 Å². The van der Waals surface area contributed by atoms with Gasteiger partial charge in [0.25, 0.3) is 0 Å². The Kier molecular flexibility index (Phi) is 4.76. The lowest BCUT2D eigenvalue weighted by atomic mass is 9.88. The molecular weight excluding hydrogens is 284 g/mol. The molecule has 1 aliphatic rings. The molecule has 0 heterocycles. The van der Waals surface area contributed by atoms with Crippen LogP contribution in [0.2, 0.25) is 0 Å². The molecule has 5 heteroatoms. The number of rotatable bonds is 5. The van der Waals surface area contributed by atoms with Crippen molar-refractivity contribution >= 4 is 10.0 Å². The molecule has 2 rings (SSSR count). The minimum atomic E-state index is -3.46. The summed E-state index contributed by atoms with van der Waals surface area (Å²) in [6.45, 7) is 6.57. The molecule has 1 unspecified atom stereocenters. The van der Waals surface area contributed by atoms with Gasteiger partial charge in [0.1, 0.15) is 0 Å². The molecule has 0 fully saturated rings. The quantitative estimate of drug-likeness (QED) is 0.876. The van der Waals surface area contributed by atoms with Crippen molar-refractivity contribution in [2.24, 2.45) is 11.1 Å². The summed E-state index contributed by atoms with van der Waals surface area (Å²) in [6.07, 6.45) is 3.92. The molecule has 4 nitrogen and oxygen atoms in total. The van der Waals surface area contributed by atoms with Crippen LogP contribution in [0.3, 0.4) is 0 Å². The third-order valence-corrected chi connectivity index (χ3v) is 5.21. The topological polar surface area (TPSA) is 72.2 Å². The van der Waals surface area contributed by atoms with Crippen LogP contribution in [0.5, 0.6) is 0 Å². The van der Waals surface area contributed by atoms with Gasteiger partial charge in [0.05, 0.1) is 4.90 Å². The summed E-state index contributed by atoms with van der Waals surface area (Å²) >= 11 is 0. The average Bonchev–Trinajstić information content (AvgIpc) is 2.81. The van der Waals surface area contributed by atoms with Gasteiger partial charge in [-0.3, -0.25) is 0 Å². The fourth-order valence-corrected chi connectivity index (χ4v) is 4.02. The Morgan fingerprint density at radius 3 is 2.57 bits per heavy atom. The van der Waals surface area contributed by atoms with Crippen LogP contribution in [-0.2, 0) is 22.9 Å². The molecule has 0 aromatic heterocycles. The van der Waals surface area contributed by atoms with Gasteiger partial charge in [0, 0.05) is 12.6 Å². The van der Waals surface area contributed by atoms with Crippen molar-refractivity contribution in [3.63, 3.8) is 0 Å². The van der Waals surface area contributed by atoms with Crippen molar-refractivity contribution in [2.75, 3.05) is 6.54 Å². The number of nitrogens with one attached hydrogen (secondary N) is 1. The second-order valence-electron chi connectivity index (χ2n) is 7.16. The Hall–Kier alpha value is -0.910. The molecule has 1 atom stereocenters. The highest BCUT2D eigenvalue weighted by atomic mass is 32.2. The van der Waals surface area contributed by atoms with E-state index in [1.807, 2.05) is 6.07 Å². The fourth-order valence-electron chi connectivity index (χ4n) is 2.87. The Labute approximate surface area is 128 Å². The minimum Gasteiger partial charge on any atom is -0.326 e. The highest BCUT2D eigenvalue weighted by molar-refractivity contribution is 7.89. The smallest absolute Gasteiger partial charge is 0.240 e. The lowest BCUT2D eigenvalue weighted by molar-refractivity contribution is 0.338. The summed E-state index contributed by atoms with van der Waals surface area (Å²) in [7, 11) is -3.46. The van der Waals surface area contributed by atoms with Crippen molar-refractivity contribution < 1.29 is 8.42 Å².